The lowest BCUT2D eigenvalue weighted by Gasteiger charge is -2.61. The topological polar surface area (TPSA) is 38.7 Å². The monoisotopic (exact) mass is 584 g/mol. The first kappa shape index (κ1) is 30.2. The molecule has 0 aliphatic heterocycles. The van der Waals surface area contributed by atoms with Gasteiger partial charge in [-0.15, -0.1) is 6.58 Å². The number of benzene rings is 4. The largest absolute Gasteiger partial charge is 0.410 e. The number of aliphatic hydroxyl groups is 1. The van der Waals surface area contributed by atoms with E-state index in [1.165, 1.54) is 21.5 Å². The lowest BCUT2D eigenvalue weighted by molar-refractivity contribution is -0.241. The number of hydrogen-bond donors (Lipinski definition) is 1. The molecule has 0 unspecified atom stereocenters. The van der Waals surface area contributed by atoms with E-state index in [9.17, 15) is 5.11 Å². The summed E-state index contributed by atoms with van der Waals surface area (Å²) in [5, 5.41) is 20.0. The Morgan fingerprint density at radius 3 is 1.83 bits per heavy atom. The standard InChI is InChI=1S/C36H48O3Si2/c1-12-30-32(38-40(8,9)34(2,3)4)33(39-41(10,11)35(5,6)7)36(30,37)27-22-21-25-18-20-26-19-17-24-15-13-14-16-28(24)31(26)29(25)23-27/h12-23,30,32-33,37H,1H2,2-11H3/t30-,32-,33-,36+/m1/s1. The first-order valence-electron chi connectivity index (χ1n) is 15.0. The SMILES string of the molecule is C=C[C@@H]1[C@@H](O[Si](C)(C)C(C)(C)C)[C@@H](O[Si](C)(C)C(C)(C)C)[C@]1(O)c1ccc2ccc3ccc4ccccc4c3c2c1. The van der Waals surface area contributed by atoms with E-state index in [0.29, 0.717) is 0 Å². The van der Waals surface area contributed by atoms with Gasteiger partial charge in [-0.2, -0.15) is 0 Å². The molecule has 1 aliphatic rings. The molecule has 1 fully saturated rings. The minimum absolute atomic E-state index is 0.00674. The Morgan fingerprint density at radius 1 is 0.732 bits per heavy atom. The minimum atomic E-state index is -2.26. The Balaban J connectivity index is 1.70. The molecular weight excluding hydrogens is 537 g/mol. The first-order valence-corrected chi connectivity index (χ1v) is 20.8. The molecule has 0 amide bonds. The van der Waals surface area contributed by atoms with E-state index in [-0.39, 0.29) is 22.1 Å². The summed E-state index contributed by atoms with van der Waals surface area (Å²) >= 11 is 0. The lowest BCUT2D eigenvalue weighted by Crippen LogP contribution is -2.72. The van der Waals surface area contributed by atoms with Crippen LogP contribution in [-0.4, -0.2) is 33.9 Å². The van der Waals surface area contributed by atoms with Crippen LogP contribution in [0.15, 0.2) is 79.4 Å². The highest BCUT2D eigenvalue weighted by Crippen LogP contribution is 2.56. The van der Waals surface area contributed by atoms with E-state index in [4.69, 9.17) is 8.85 Å². The van der Waals surface area contributed by atoms with Gasteiger partial charge >= 0.3 is 0 Å². The molecule has 1 N–H and O–H groups in total. The first-order chi connectivity index (χ1) is 18.9. The third kappa shape index (κ3) is 4.84. The van der Waals surface area contributed by atoms with Gasteiger partial charge in [0.05, 0.1) is 6.10 Å². The summed E-state index contributed by atoms with van der Waals surface area (Å²) in [6, 6.07) is 23.7. The van der Waals surface area contributed by atoms with Crippen molar-refractivity contribution in [2.24, 2.45) is 5.92 Å². The van der Waals surface area contributed by atoms with Gasteiger partial charge in [0.1, 0.15) is 11.7 Å². The van der Waals surface area contributed by atoms with Gasteiger partial charge in [-0.05, 0) is 80.2 Å². The summed E-state index contributed by atoms with van der Waals surface area (Å²) in [5.41, 5.74) is -0.375. The molecule has 0 saturated heterocycles. The molecule has 5 heteroatoms. The predicted octanol–water partition coefficient (Wildman–Crippen LogP) is 9.93. The Labute approximate surface area is 248 Å². The van der Waals surface area contributed by atoms with E-state index >= 15 is 0 Å². The molecule has 218 valence electrons. The van der Waals surface area contributed by atoms with Crippen LogP contribution >= 0.6 is 0 Å². The second-order valence-electron chi connectivity index (χ2n) is 15.1. The van der Waals surface area contributed by atoms with Crippen LogP contribution in [0, 0.1) is 5.92 Å². The number of fused-ring (bicyclic) bond motifs is 5. The molecule has 4 aromatic rings. The Kier molecular flexibility index (Phi) is 7.28. The van der Waals surface area contributed by atoms with Crippen LogP contribution in [0.2, 0.25) is 36.3 Å². The summed E-state index contributed by atoms with van der Waals surface area (Å²) in [6.45, 7) is 26.8. The molecule has 4 atom stereocenters. The van der Waals surface area contributed by atoms with Crippen molar-refractivity contribution in [3.05, 3.63) is 84.9 Å². The molecule has 1 aliphatic carbocycles. The van der Waals surface area contributed by atoms with Crippen molar-refractivity contribution >= 4 is 49.0 Å². The highest BCUT2D eigenvalue weighted by molar-refractivity contribution is 6.74. The summed E-state index contributed by atoms with van der Waals surface area (Å²) < 4.78 is 14.2. The molecule has 5 rings (SSSR count). The maximum absolute atomic E-state index is 12.8. The van der Waals surface area contributed by atoms with Crippen LogP contribution in [-0.2, 0) is 14.5 Å². The zero-order valence-electron chi connectivity index (χ0n) is 26.6. The minimum Gasteiger partial charge on any atom is -0.410 e. The zero-order chi connectivity index (χ0) is 30.2. The van der Waals surface area contributed by atoms with Gasteiger partial charge in [0.15, 0.2) is 16.6 Å². The van der Waals surface area contributed by atoms with E-state index in [0.717, 1.165) is 16.3 Å². The average Bonchev–Trinajstić information content (AvgIpc) is 2.89. The quantitative estimate of drug-likeness (QED) is 0.139. The molecule has 0 spiro atoms. The van der Waals surface area contributed by atoms with E-state index in [2.05, 4.69) is 141 Å². The van der Waals surface area contributed by atoms with Gasteiger partial charge in [0, 0.05) is 5.92 Å². The highest BCUT2D eigenvalue weighted by atomic mass is 28.4. The van der Waals surface area contributed by atoms with E-state index < -0.39 is 28.3 Å². The van der Waals surface area contributed by atoms with Crippen molar-refractivity contribution in [3.63, 3.8) is 0 Å². The molecule has 4 aromatic carbocycles. The number of hydrogen-bond acceptors (Lipinski definition) is 3. The van der Waals surface area contributed by atoms with Gasteiger partial charge in [0.2, 0.25) is 0 Å². The zero-order valence-corrected chi connectivity index (χ0v) is 28.6. The van der Waals surface area contributed by atoms with Crippen LogP contribution in [0.1, 0.15) is 47.1 Å². The average molecular weight is 585 g/mol. The molecule has 0 radical (unpaired) electrons. The molecule has 0 bridgehead atoms. The van der Waals surface area contributed by atoms with Crippen molar-refractivity contribution in [2.75, 3.05) is 0 Å². The molecule has 41 heavy (non-hydrogen) atoms. The van der Waals surface area contributed by atoms with Gasteiger partial charge in [0.25, 0.3) is 0 Å². The van der Waals surface area contributed by atoms with Crippen LogP contribution in [0.5, 0.6) is 0 Å². The van der Waals surface area contributed by atoms with E-state index in [1.807, 2.05) is 6.08 Å². The second kappa shape index (κ2) is 9.88. The Bertz CT molecular complexity index is 1620. The molecule has 0 aromatic heterocycles. The van der Waals surface area contributed by atoms with Crippen LogP contribution in [0.3, 0.4) is 0 Å². The van der Waals surface area contributed by atoms with Crippen molar-refractivity contribution in [1.82, 2.24) is 0 Å². The van der Waals surface area contributed by atoms with Gasteiger partial charge in [-0.1, -0.05) is 108 Å². The maximum Gasteiger partial charge on any atom is 0.192 e. The summed E-state index contributed by atoms with van der Waals surface area (Å²) in [5.74, 6) is -0.282. The van der Waals surface area contributed by atoms with Crippen molar-refractivity contribution in [2.45, 2.75) is 95.6 Å². The van der Waals surface area contributed by atoms with Crippen molar-refractivity contribution < 1.29 is 14.0 Å². The lowest BCUT2D eigenvalue weighted by atomic mass is 9.61. The molecular formula is C36H48O3Si2. The summed E-state index contributed by atoms with van der Waals surface area (Å²) in [6.07, 6.45) is 1.16. The Morgan fingerprint density at radius 2 is 1.24 bits per heavy atom. The fourth-order valence-corrected chi connectivity index (χ4v) is 8.42. The maximum atomic E-state index is 12.8. The molecule has 3 nitrogen and oxygen atoms in total. The molecule has 1 saturated carbocycles. The number of rotatable bonds is 6. The highest BCUT2D eigenvalue weighted by Gasteiger charge is 2.65. The fraction of sp³-hybridized carbons (Fsp3) is 0.444. The van der Waals surface area contributed by atoms with E-state index in [1.54, 1.807) is 0 Å². The van der Waals surface area contributed by atoms with Crippen LogP contribution in [0.25, 0.3) is 32.3 Å². The van der Waals surface area contributed by atoms with Crippen LogP contribution in [0.4, 0.5) is 0 Å². The fourth-order valence-electron chi connectivity index (χ4n) is 5.81. The normalized spacial score (nSPS) is 24.1. The van der Waals surface area contributed by atoms with Crippen LogP contribution < -0.4 is 0 Å². The van der Waals surface area contributed by atoms with Crippen molar-refractivity contribution in [1.29, 1.82) is 0 Å². The third-order valence-electron chi connectivity index (χ3n) is 10.5. The Hall–Kier alpha value is -2.29. The summed E-state index contributed by atoms with van der Waals surface area (Å²) in [4.78, 5) is 0. The second-order valence-corrected chi connectivity index (χ2v) is 24.6. The predicted molar refractivity (Wildman–Crippen MR) is 181 cm³/mol. The smallest absolute Gasteiger partial charge is 0.192 e. The van der Waals surface area contributed by atoms with Gasteiger partial charge in [-0.25, -0.2) is 0 Å². The third-order valence-corrected chi connectivity index (χ3v) is 19.4. The molecule has 0 heterocycles. The van der Waals surface area contributed by atoms with Gasteiger partial charge < -0.3 is 14.0 Å². The van der Waals surface area contributed by atoms with Crippen molar-refractivity contribution in [3.8, 4) is 0 Å². The summed E-state index contributed by atoms with van der Waals surface area (Å²) in [7, 11) is -4.41. The van der Waals surface area contributed by atoms with Gasteiger partial charge in [-0.3, -0.25) is 0 Å².